The van der Waals surface area contributed by atoms with Crippen LogP contribution in [-0.4, -0.2) is 21.7 Å². The van der Waals surface area contributed by atoms with Crippen LogP contribution in [0, 0.1) is 17.8 Å². The maximum atomic E-state index is 12.9. The third-order valence-corrected chi connectivity index (χ3v) is 8.87. The van der Waals surface area contributed by atoms with Gasteiger partial charge in [0.05, 0.1) is 15.5 Å². The van der Waals surface area contributed by atoms with Gasteiger partial charge in [0.1, 0.15) is 0 Å². The summed E-state index contributed by atoms with van der Waals surface area (Å²) in [6, 6.07) is 5.77. The van der Waals surface area contributed by atoms with E-state index < -0.39 is 0 Å². The number of rotatable bonds is 4. The molecule has 4 fully saturated rings. The average Bonchev–Trinajstić information content (AvgIpc) is 2.94. The van der Waals surface area contributed by atoms with Gasteiger partial charge in [0.15, 0.2) is 4.34 Å². The molecule has 0 unspecified atom stereocenters. The van der Waals surface area contributed by atoms with E-state index in [-0.39, 0.29) is 16.7 Å². The minimum atomic E-state index is -0.126. The summed E-state index contributed by atoms with van der Waals surface area (Å²) in [5, 5.41) is 4.06. The number of carbonyl (C=O) groups is 1. The number of hydrogen-bond acceptors (Lipinski definition) is 4. The third kappa shape index (κ3) is 3.16. The van der Waals surface area contributed by atoms with Gasteiger partial charge in [-0.1, -0.05) is 23.4 Å². The lowest BCUT2D eigenvalue weighted by molar-refractivity contribution is -0.126. The Bertz CT molecular complexity index is 829. The molecule has 4 bridgehead atoms. The summed E-state index contributed by atoms with van der Waals surface area (Å²) in [6.45, 7) is 2.00. The monoisotopic (exact) mass is 406 g/mol. The van der Waals surface area contributed by atoms with Gasteiger partial charge in [0, 0.05) is 10.6 Å². The van der Waals surface area contributed by atoms with E-state index in [1.165, 1.54) is 38.5 Å². The molecular formula is C20H23ClN2OS2. The Balaban J connectivity index is 1.28. The van der Waals surface area contributed by atoms with E-state index in [2.05, 4.69) is 10.3 Å². The first kappa shape index (κ1) is 17.3. The summed E-state index contributed by atoms with van der Waals surface area (Å²) in [5.41, 5.74) is 1.00. The predicted molar refractivity (Wildman–Crippen MR) is 109 cm³/mol. The zero-order valence-electron chi connectivity index (χ0n) is 14.8. The Morgan fingerprint density at radius 1 is 1.27 bits per heavy atom. The molecule has 0 saturated heterocycles. The van der Waals surface area contributed by atoms with Crippen LogP contribution in [-0.2, 0) is 4.79 Å². The number of carbonyl (C=O) groups excluding carboxylic acids is 1. The molecule has 1 aromatic carbocycles. The number of nitrogens with one attached hydrogen (secondary N) is 1. The molecule has 0 radical (unpaired) electrons. The second-order valence-corrected chi connectivity index (χ2v) is 11.6. The van der Waals surface area contributed by atoms with Gasteiger partial charge in [-0.15, -0.1) is 11.3 Å². The van der Waals surface area contributed by atoms with E-state index in [0.29, 0.717) is 5.02 Å². The fourth-order valence-electron chi connectivity index (χ4n) is 5.76. The summed E-state index contributed by atoms with van der Waals surface area (Å²) in [5.74, 6) is 2.71. The number of nitrogens with zero attached hydrogens (tertiary/aromatic N) is 1. The van der Waals surface area contributed by atoms with Crippen molar-refractivity contribution in [3.8, 4) is 0 Å². The van der Waals surface area contributed by atoms with Crippen molar-refractivity contribution < 1.29 is 4.79 Å². The standard InChI is InChI=1S/C20H23ClN2OS2/c1-11(25-19-22-16-7-15(21)2-3-17(16)26-19)18(24)23-20-8-12-4-13(9-20)6-14(5-12)10-20/h2-3,7,11-14H,4-6,8-10H2,1H3,(H,23,24)/t11-,12?,13?,14?,20?/m1/s1. The van der Waals surface area contributed by atoms with Gasteiger partial charge in [-0.2, -0.15) is 0 Å². The van der Waals surface area contributed by atoms with Gasteiger partial charge in [-0.3, -0.25) is 4.79 Å². The molecule has 3 nitrogen and oxygen atoms in total. The van der Waals surface area contributed by atoms with E-state index in [0.717, 1.165) is 32.3 Å². The maximum Gasteiger partial charge on any atom is 0.233 e. The van der Waals surface area contributed by atoms with E-state index in [1.807, 2.05) is 25.1 Å². The minimum Gasteiger partial charge on any atom is -0.350 e. The number of halogens is 1. The van der Waals surface area contributed by atoms with Crippen molar-refractivity contribution in [3.05, 3.63) is 23.2 Å². The molecule has 26 heavy (non-hydrogen) atoms. The minimum absolute atomic E-state index is 0.0851. The Morgan fingerprint density at radius 3 is 2.58 bits per heavy atom. The lowest BCUT2D eigenvalue weighted by Crippen LogP contribution is -2.60. The number of hydrogen-bond donors (Lipinski definition) is 1. The summed E-state index contributed by atoms with van der Waals surface area (Å²) in [6.07, 6.45) is 7.78. The molecule has 1 N–H and O–H groups in total. The largest absolute Gasteiger partial charge is 0.350 e. The summed E-state index contributed by atoms with van der Waals surface area (Å²) in [4.78, 5) is 17.6. The van der Waals surface area contributed by atoms with Crippen LogP contribution in [0.5, 0.6) is 0 Å². The maximum absolute atomic E-state index is 12.9. The highest BCUT2D eigenvalue weighted by molar-refractivity contribution is 8.02. The predicted octanol–water partition coefficient (Wildman–Crippen LogP) is 5.52. The number of fused-ring (bicyclic) bond motifs is 1. The van der Waals surface area contributed by atoms with Crippen molar-refractivity contribution in [2.75, 3.05) is 0 Å². The van der Waals surface area contributed by atoms with Gasteiger partial charge in [-0.05, 0) is 81.4 Å². The normalized spacial score (nSPS) is 33.5. The van der Waals surface area contributed by atoms with Crippen molar-refractivity contribution in [2.45, 2.75) is 60.6 Å². The first-order valence-corrected chi connectivity index (χ1v) is 11.6. The Morgan fingerprint density at radius 2 is 1.92 bits per heavy atom. The first-order chi connectivity index (χ1) is 12.5. The molecule has 6 rings (SSSR count). The zero-order valence-corrected chi connectivity index (χ0v) is 17.2. The van der Waals surface area contributed by atoms with Crippen LogP contribution in [0.15, 0.2) is 22.5 Å². The number of benzene rings is 1. The molecule has 2 aromatic rings. The van der Waals surface area contributed by atoms with Gasteiger partial charge in [-0.25, -0.2) is 4.98 Å². The lowest BCUT2D eigenvalue weighted by atomic mass is 9.53. The highest BCUT2D eigenvalue weighted by Crippen LogP contribution is 2.55. The van der Waals surface area contributed by atoms with Crippen LogP contribution in [0.4, 0.5) is 0 Å². The average molecular weight is 407 g/mol. The van der Waals surface area contributed by atoms with Crippen LogP contribution in [0.2, 0.25) is 5.02 Å². The molecule has 1 heterocycles. The molecule has 0 aliphatic heterocycles. The molecule has 1 amide bonds. The van der Waals surface area contributed by atoms with E-state index in [9.17, 15) is 4.79 Å². The van der Waals surface area contributed by atoms with Crippen molar-refractivity contribution in [1.82, 2.24) is 10.3 Å². The second-order valence-electron chi connectivity index (χ2n) is 8.54. The van der Waals surface area contributed by atoms with E-state index in [4.69, 9.17) is 11.6 Å². The highest BCUT2D eigenvalue weighted by atomic mass is 35.5. The van der Waals surface area contributed by atoms with Crippen LogP contribution in [0.1, 0.15) is 45.4 Å². The molecule has 6 heteroatoms. The van der Waals surface area contributed by atoms with E-state index in [1.54, 1.807) is 23.1 Å². The van der Waals surface area contributed by atoms with Crippen LogP contribution >= 0.6 is 34.7 Å². The Labute approximate surface area is 167 Å². The van der Waals surface area contributed by atoms with Crippen LogP contribution < -0.4 is 5.32 Å². The molecule has 1 atom stereocenters. The number of amides is 1. The first-order valence-electron chi connectivity index (χ1n) is 9.53. The Hall–Kier alpha value is -0.780. The topological polar surface area (TPSA) is 42.0 Å². The highest BCUT2D eigenvalue weighted by Gasteiger charge is 2.51. The molecule has 1 aromatic heterocycles. The lowest BCUT2D eigenvalue weighted by Gasteiger charge is -2.57. The third-order valence-electron chi connectivity index (χ3n) is 6.40. The summed E-state index contributed by atoms with van der Waals surface area (Å²) in [7, 11) is 0. The SMILES string of the molecule is C[C@@H](Sc1nc2cc(Cl)ccc2s1)C(=O)NC12CC3CC(CC(C3)C1)C2. The molecular weight excluding hydrogens is 384 g/mol. The van der Waals surface area contributed by atoms with Gasteiger partial charge in [0.2, 0.25) is 5.91 Å². The van der Waals surface area contributed by atoms with Crippen LogP contribution in [0.3, 0.4) is 0 Å². The summed E-state index contributed by atoms with van der Waals surface area (Å²) < 4.78 is 2.06. The van der Waals surface area contributed by atoms with Crippen molar-refractivity contribution in [3.63, 3.8) is 0 Å². The zero-order chi connectivity index (χ0) is 17.9. The van der Waals surface area contributed by atoms with Gasteiger partial charge >= 0.3 is 0 Å². The van der Waals surface area contributed by atoms with E-state index >= 15 is 0 Å². The number of aromatic nitrogens is 1. The van der Waals surface area contributed by atoms with Crippen molar-refractivity contribution in [1.29, 1.82) is 0 Å². The van der Waals surface area contributed by atoms with Crippen LogP contribution in [0.25, 0.3) is 10.2 Å². The quantitative estimate of drug-likeness (QED) is 0.680. The molecule has 4 aliphatic rings. The molecule has 4 saturated carbocycles. The van der Waals surface area contributed by atoms with Gasteiger partial charge in [0.25, 0.3) is 0 Å². The molecule has 4 aliphatic carbocycles. The fourth-order valence-corrected chi connectivity index (χ4v) is 8.12. The number of thiazole rings is 1. The summed E-state index contributed by atoms with van der Waals surface area (Å²) >= 11 is 9.25. The van der Waals surface area contributed by atoms with Crippen molar-refractivity contribution >= 4 is 50.8 Å². The Kier molecular flexibility index (Phi) is 4.26. The molecule has 138 valence electrons. The second kappa shape index (κ2) is 6.39. The van der Waals surface area contributed by atoms with Crippen molar-refractivity contribution in [2.24, 2.45) is 17.8 Å². The number of thioether (sulfide) groups is 1. The molecule has 0 spiro atoms. The smallest absolute Gasteiger partial charge is 0.233 e. The van der Waals surface area contributed by atoms with Gasteiger partial charge < -0.3 is 5.32 Å². The fraction of sp³-hybridized carbons (Fsp3) is 0.600.